The van der Waals surface area contributed by atoms with E-state index in [0.29, 0.717) is 18.6 Å². The molecule has 0 aliphatic heterocycles. The number of hydrogen-bond donors (Lipinski definition) is 1. The van der Waals surface area contributed by atoms with Gasteiger partial charge in [0, 0.05) is 11.8 Å². The van der Waals surface area contributed by atoms with E-state index < -0.39 is 0 Å². The van der Waals surface area contributed by atoms with Crippen LogP contribution in [0.25, 0.3) is 0 Å². The second kappa shape index (κ2) is 2.70. The Hall–Kier alpha value is -0.370. The Balaban J connectivity index is 2.31. The highest BCUT2D eigenvalue weighted by atomic mass is 16.3. The number of carbonyl (C=O) groups is 1. The predicted octanol–water partition coefficient (Wildman–Crippen LogP) is 0.982. The lowest BCUT2D eigenvalue weighted by atomic mass is 9.76. The molecule has 0 saturated heterocycles. The number of aliphatic hydroxyl groups excluding tert-OH is 1. The molecule has 0 aromatic heterocycles. The maximum Gasteiger partial charge on any atom is 0.138 e. The summed E-state index contributed by atoms with van der Waals surface area (Å²) in [5.74, 6) is 0.609. The lowest BCUT2D eigenvalue weighted by Gasteiger charge is -2.31. The van der Waals surface area contributed by atoms with Gasteiger partial charge in [0.05, 0.1) is 6.10 Å². The van der Waals surface area contributed by atoms with Gasteiger partial charge in [-0.3, -0.25) is 4.79 Å². The molecule has 10 heavy (non-hydrogen) atoms. The molecular formula is C8H14O2. The molecule has 0 amide bonds. The molecule has 1 N–H and O–H groups in total. The molecule has 0 bridgehead atoms. The summed E-state index contributed by atoms with van der Waals surface area (Å²) in [4.78, 5) is 11.2. The minimum Gasteiger partial charge on any atom is -0.393 e. The molecule has 0 aromatic rings. The summed E-state index contributed by atoms with van der Waals surface area (Å²) >= 11 is 0. The molecule has 2 nitrogen and oxygen atoms in total. The average Bonchev–Trinajstić information content (AvgIpc) is 1.79. The van der Waals surface area contributed by atoms with E-state index in [0.717, 1.165) is 0 Å². The summed E-state index contributed by atoms with van der Waals surface area (Å²) in [6, 6.07) is 0. The Labute approximate surface area is 61.2 Å². The standard InChI is InChI=1S/C8H14O2/c1-5(2)8(10)6-3-7(9)4-6/h5-7,9H,3-4H2,1-2H3. The lowest BCUT2D eigenvalue weighted by molar-refractivity contribution is -0.132. The van der Waals surface area contributed by atoms with Gasteiger partial charge in [0.1, 0.15) is 5.78 Å². The van der Waals surface area contributed by atoms with Crippen LogP contribution in [0.2, 0.25) is 0 Å². The maximum atomic E-state index is 11.2. The Kier molecular flexibility index (Phi) is 2.09. The van der Waals surface area contributed by atoms with Crippen molar-refractivity contribution in [2.45, 2.75) is 32.8 Å². The molecule has 1 aliphatic rings. The summed E-state index contributed by atoms with van der Waals surface area (Å²) in [5.41, 5.74) is 0. The third-order valence-corrected chi connectivity index (χ3v) is 2.08. The fourth-order valence-corrected chi connectivity index (χ4v) is 1.29. The summed E-state index contributed by atoms with van der Waals surface area (Å²) < 4.78 is 0. The maximum absolute atomic E-state index is 11.2. The van der Waals surface area contributed by atoms with E-state index in [4.69, 9.17) is 5.11 Å². The molecule has 1 rings (SSSR count). The first-order valence-electron chi connectivity index (χ1n) is 3.83. The highest BCUT2D eigenvalue weighted by molar-refractivity contribution is 5.83. The minimum atomic E-state index is -0.201. The van der Waals surface area contributed by atoms with Gasteiger partial charge in [-0.2, -0.15) is 0 Å². The highest BCUT2D eigenvalue weighted by Gasteiger charge is 2.33. The summed E-state index contributed by atoms with van der Waals surface area (Å²) in [6.07, 6.45) is 1.18. The third kappa shape index (κ3) is 1.37. The zero-order chi connectivity index (χ0) is 7.72. The van der Waals surface area contributed by atoms with Crippen LogP contribution in [-0.2, 0) is 4.79 Å². The van der Waals surface area contributed by atoms with Crippen molar-refractivity contribution < 1.29 is 9.90 Å². The first-order valence-corrected chi connectivity index (χ1v) is 3.83. The van der Waals surface area contributed by atoms with Crippen LogP contribution in [0.3, 0.4) is 0 Å². The summed E-state index contributed by atoms with van der Waals surface area (Å²) in [5, 5.41) is 8.90. The molecule has 0 aromatic carbocycles. The van der Waals surface area contributed by atoms with Crippen LogP contribution in [0.1, 0.15) is 26.7 Å². The van der Waals surface area contributed by atoms with Crippen molar-refractivity contribution in [2.24, 2.45) is 11.8 Å². The number of Topliss-reactive ketones (excluding diaryl/α,β-unsaturated/α-hetero) is 1. The van der Waals surface area contributed by atoms with Gasteiger partial charge in [-0.1, -0.05) is 13.8 Å². The number of aliphatic hydroxyl groups is 1. The van der Waals surface area contributed by atoms with Gasteiger partial charge in [-0.25, -0.2) is 0 Å². The van der Waals surface area contributed by atoms with E-state index in [2.05, 4.69) is 0 Å². The van der Waals surface area contributed by atoms with Crippen molar-refractivity contribution in [2.75, 3.05) is 0 Å². The van der Waals surface area contributed by atoms with Gasteiger partial charge in [-0.15, -0.1) is 0 Å². The predicted molar refractivity (Wildman–Crippen MR) is 38.6 cm³/mol. The Morgan fingerprint density at radius 3 is 2.30 bits per heavy atom. The van der Waals surface area contributed by atoms with Crippen LogP contribution in [-0.4, -0.2) is 17.0 Å². The van der Waals surface area contributed by atoms with Crippen molar-refractivity contribution in [3.8, 4) is 0 Å². The molecule has 1 saturated carbocycles. The van der Waals surface area contributed by atoms with Crippen LogP contribution in [0.4, 0.5) is 0 Å². The summed E-state index contributed by atoms with van der Waals surface area (Å²) in [6.45, 7) is 3.82. The second-order valence-electron chi connectivity index (χ2n) is 3.38. The Morgan fingerprint density at radius 1 is 1.50 bits per heavy atom. The molecule has 2 heteroatoms. The molecule has 0 atom stereocenters. The number of rotatable bonds is 2. The van der Waals surface area contributed by atoms with Gasteiger partial charge in [0.25, 0.3) is 0 Å². The summed E-state index contributed by atoms with van der Waals surface area (Å²) in [7, 11) is 0. The molecule has 58 valence electrons. The number of ketones is 1. The largest absolute Gasteiger partial charge is 0.393 e. The number of hydrogen-bond acceptors (Lipinski definition) is 2. The van der Waals surface area contributed by atoms with Gasteiger partial charge >= 0.3 is 0 Å². The zero-order valence-electron chi connectivity index (χ0n) is 6.50. The molecule has 0 heterocycles. The number of carbonyl (C=O) groups excluding carboxylic acids is 1. The topological polar surface area (TPSA) is 37.3 Å². The van der Waals surface area contributed by atoms with Crippen molar-refractivity contribution >= 4 is 5.78 Å². The van der Waals surface area contributed by atoms with Crippen molar-refractivity contribution in [1.82, 2.24) is 0 Å². The van der Waals surface area contributed by atoms with Crippen molar-refractivity contribution in [3.05, 3.63) is 0 Å². The first-order chi connectivity index (χ1) is 4.61. The van der Waals surface area contributed by atoms with Gasteiger partial charge in [0.15, 0.2) is 0 Å². The van der Waals surface area contributed by atoms with Gasteiger partial charge < -0.3 is 5.11 Å². The molecular weight excluding hydrogens is 128 g/mol. The van der Waals surface area contributed by atoms with E-state index in [-0.39, 0.29) is 17.9 Å². The van der Waals surface area contributed by atoms with E-state index in [1.807, 2.05) is 13.8 Å². The molecule has 0 spiro atoms. The van der Waals surface area contributed by atoms with Crippen LogP contribution < -0.4 is 0 Å². The average molecular weight is 142 g/mol. The highest BCUT2D eigenvalue weighted by Crippen LogP contribution is 2.29. The fraction of sp³-hybridized carbons (Fsp3) is 0.875. The van der Waals surface area contributed by atoms with Crippen LogP contribution >= 0.6 is 0 Å². The monoisotopic (exact) mass is 142 g/mol. The normalized spacial score (nSPS) is 32.0. The quantitative estimate of drug-likeness (QED) is 0.624. The van der Waals surface area contributed by atoms with Gasteiger partial charge in [0.2, 0.25) is 0 Å². The molecule has 0 radical (unpaired) electrons. The molecule has 1 fully saturated rings. The zero-order valence-corrected chi connectivity index (χ0v) is 6.50. The van der Waals surface area contributed by atoms with E-state index in [1.54, 1.807) is 0 Å². The van der Waals surface area contributed by atoms with E-state index in [1.165, 1.54) is 0 Å². The van der Waals surface area contributed by atoms with Crippen molar-refractivity contribution in [1.29, 1.82) is 0 Å². The Bertz CT molecular complexity index is 134. The SMILES string of the molecule is CC(C)C(=O)C1CC(O)C1. The molecule has 1 aliphatic carbocycles. The Morgan fingerprint density at radius 2 is 2.00 bits per heavy atom. The van der Waals surface area contributed by atoms with Crippen molar-refractivity contribution in [3.63, 3.8) is 0 Å². The second-order valence-corrected chi connectivity index (χ2v) is 3.38. The van der Waals surface area contributed by atoms with E-state index >= 15 is 0 Å². The smallest absolute Gasteiger partial charge is 0.138 e. The van der Waals surface area contributed by atoms with Crippen LogP contribution in [0.5, 0.6) is 0 Å². The molecule has 0 unspecified atom stereocenters. The van der Waals surface area contributed by atoms with Gasteiger partial charge in [-0.05, 0) is 12.8 Å². The first kappa shape index (κ1) is 7.73. The van der Waals surface area contributed by atoms with Crippen LogP contribution in [0.15, 0.2) is 0 Å². The third-order valence-electron chi connectivity index (χ3n) is 2.08. The van der Waals surface area contributed by atoms with E-state index in [9.17, 15) is 4.79 Å². The van der Waals surface area contributed by atoms with Crippen LogP contribution in [0, 0.1) is 11.8 Å². The minimum absolute atomic E-state index is 0.137. The lowest BCUT2D eigenvalue weighted by Crippen LogP contribution is -2.36. The fourth-order valence-electron chi connectivity index (χ4n) is 1.29.